The number of sulfone groups is 1. The number of carbonyl (C=O) groups is 1. The first-order valence-electron chi connectivity index (χ1n) is 14.0. The summed E-state index contributed by atoms with van der Waals surface area (Å²) in [5.41, 5.74) is 1.45. The summed E-state index contributed by atoms with van der Waals surface area (Å²) in [4.78, 5) is 15.1. The van der Waals surface area contributed by atoms with E-state index in [2.05, 4.69) is 10.1 Å². The number of aliphatic hydroxyl groups is 1. The van der Waals surface area contributed by atoms with Crippen LogP contribution < -0.4 is 10.2 Å². The van der Waals surface area contributed by atoms with Gasteiger partial charge in [0.05, 0.1) is 35.5 Å². The van der Waals surface area contributed by atoms with Gasteiger partial charge in [-0.25, -0.2) is 8.42 Å². The van der Waals surface area contributed by atoms with Gasteiger partial charge in [0.25, 0.3) is 5.91 Å². The number of nitrogens with zero attached hydrogens (tertiary/aromatic N) is 1. The van der Waals surface area contributed by atoms with E-state index in [1.165, 1.54) is 43.3 Å². The molecule has 1 saturated heterocycles. The number of alkyl halides is 5. The van der Waals surface area contributed by atoms with Crippen molar-refractivity contribution >= 4 is 21.4 Å². The largest absolute Gasteiger partial charge is 0.416 e. The Bertz CT molecular complexity index is 1500. The molecule has 1 amide bonds. The third-order valence-electron chi connectivity index (χ3n) is 7.79. The zero-order chi connectivity index (χ0) is 32.1. The lowest BCUT2D eigenvalue weighted by molar-refractivity contribution is -0.137. The molecule has 0 spiro atoms. The van der Waals surface area contributed by atoms with E-state index in [0.29, 0.717) is 29.8 Å². The Hall–Kier alpha value is -3.55. The van der Waals surface area contributed by atoms with Crippen LogP contribution >= 0.6 is 0 Å². The Balaban J connectivity index is 1.47. The molecule has 0 radical (unpaired) electrons. The Kier molecular flexibility index (Phi) is 10.6. The zero-order valence-electron chi connectivity index (χ0n) is 23.8. The van der Waals surface area contributed by atoms with Gasteiger partial charge in [0.1, 0.15) is 0 Å². The summed E-state index contributed by atoms with van der Waals surface area (Å²) in [5.74, 6) is -0.688. The van der Waals surface area contributed by atoms with E-state index in [9.17, 15) is 40.3 Å². The van der Waals surface area contributed by atoms with Gasteiger partial charge < -0.3 is 20.1 Å². The Morgan fingerprint density at radius 3 is 2.20 bits per heavy atom. The lowest BCUT2D eigenvalue weighted by Gasteiger charge is -2.27. The van der Waals surface area contributed by atoms with Crippen LogP contribution in [0.2, 0.25) is 0 Å². The van der Waals surface area contributed by atoms with Crippen LogP contribution in [0.5, 0.6) is 0 Å². The predicted molar refractivity (Wildman–Crippen MR) is 154 cm³/mol. The summed E-state index contributed by atoms with van der Waals surface area (Å²) in [5, 5.41) is 12.6. The van der Waals surface area contributed by atoms with Gasteiger partial charge in [-0.1, -0.05) is 31.2 Å². The van der Waals surface area contributed by atoms with Crippen LogP contribution in [-0.4, -0.2) is 57.6 Å². The Labute approximate surface area is 252 Å². The molecule has 1 unspecified atom stereocenters. The molecule has 3 atom stereocenters. The van der Waals surface area contributed by atoms with Gasteiger partial charge >= 0.3 is 12.8 Å². The number of rotatable bonds is 12. The van der Waals surface area contributed by atoms with E-state index in [1.807, 2.05) is 4.90 Å². The molecule has 1 aliphatic heterocycles. The number of nitrogens with one attached hydrogen (secondary N) is 1. The molecule has 7 nitrogen and oxygen atoms in total. The smallest absolute Gasteiger partial charge is 0.394 e. The third kappa shape index (κ3) is 8.13. The maximum absolute atomic E-state index is 13.0. The highest BCUT2D eigenvalue weighted by molar-refractivity contribution is 7.91. The number of aliphatic hydroxyl groups excluding tert-OH is 1. The van der Waals surface area contributed by atoms with Crippen LogP contribution in [0.25, 0.3) is 0 Å². The van der Waals surface area contributed by atoms with E-state index in [4.69, 9.17) is 0 Å². The molecule has 4 rings (SSSR count). The number of halogens is 5. The molecular weight excluding hydrogens is 607 g/mol. The minimum Gasteiger partial charge on any atom is -0.394 e. The fraction of sp³-hybridized carbons (Fsp3) is 0.387. The van der Waals surface area contributed by atoms with Crippen LogP contribution in [0.1, 0.15) is 58.8 Å². The number of carbonyl (C=O) groups excluding carboxylic acids is 1. The fourth-order valence-electron chi connectivity index (χ4n) is 5.34. The average molecular weight is 641 g/mol. The van der Waals surface area contributed by atoms with Gasteiger partial charge in [0.15, 0.2) is 9.84 Å². The number of benzene rings is 3. The summed E-state index contributed by atoms with van der Waals surface area (Å²) in [6.45, 7) is -1.59. The van der Waals surface area contributed by atoms with Crippen LogP contribution in [0.3, 0.4) is 0 Å². The highest BCUT2D eigenvalue weighted by Gasteiger charge is 2.35. The number of hydrogen-bond donors (Lipinski definition) is 2. The van der Waals surface area contributed by atoms with E-state index in [0.717, 1.165) is 12.1 Å². The van der Waals surface area contributed by atoms with E-state index < -0.39 is 46.7 Å². The molecule has 3 aromatic carbocycles. The first kappa shape index (κ1) is 33.3. The van der Waals surface area contributed by atoms with Crippen molar-refractivity contribution < 1.29 is 45.0 Å². The highest BCUT2D eigenvalue weighted by atomic mass is 32.2. The Morgan fingerprint density at radius 2 is 1.66 bits per heavy atom. The van der Waals surface area contributed by atoms with E-state index >= 15 is 0 Å². The van der Waals surface area contributed by atoms with Crippen molar-refractivity contribution in [3.05, 3.63) is 95.1 Å². The topological polar surface area (TPSA) is 95.9 Å². The molecule has 3 aromatic rings. The molecule has 1 aliphatic rings. The molecule has 238 valence electrons. The van der Waals surface area contributed by atoms with Crippen molar-refractivity contribution in [2.24, 2.45) is 0 Å². The average Bonchev–Trinajstić information content (AvgIpc) is 3.43. The quantitative estimate of drug-likeness (QED) is 0.238. The maximum Gasteiger partial charge on any atom is 0.416 e. The van der Waals surface area contributed by atoms with Crippen molar-refractivity contribution in [3.63, 3.8) is 0 Å². The predicted octanol–water partition coefficient (Wildman–Crippen LogP) is 5.95. The van der Waals surface area contributed by atoms with Crippen molar-refractivity contribution in [2.75, 3.05) is 30.4 Å². The van der Waals surface area contributed by atoms with Crippen molar-refractivity contribution in [1.29, 1.82) is 0 Å². The highest BCUT2D eigenvalue weighted by Crippen LogP contribution is 2.38. The van der Waals surface area contributed by atoms with Gasteiger partial charge in [-0.2, -0.15) is 22.0 Å². The summed E-state index contributed by atoms with van der Waals surface area (Å²) >= 11 is 0. The molecule has 44 heavy (non-hydrogen) atoms. The van der Waals surface area contributed by atoms with Crippen LogP contribution in [-0.2, 0) is 20.8 Å². The van der Waals surface area contributed by atoms with Gasteiger partial charge in [-0.05, 0) is 72.5 Å². The third-order valence-corrected chi connectivity index (χ3v) is 9.54. The molecule has 2 N–H and O–H groups in total. The molecule has 0 aromatic heterocycles. The van der Waals surface area contributed by atoms with Crippen molar-refractivity contribution in [2.45, 2.75) is 55.5 Å². The Morgan fingerprint density at radius 1 is 1.02 bits per heavy atom. The lowest BCUT2D eigenvalue weighted by Crippen LogP contribution is -2.32. The molecule has 0 saturated carbocycles. The fourth-order valence-corrected chi connectivity index (χ4v) is 6.22. The first-order chi connectivity index (χ1) is 20.8. The maximum atomic E-state index is 13.0. The molecular formula is C31H33F5N2O5S. The van der Waals surface area contributed by atoms with Crippen LogP contribution in [0.15, 0.2) is 77.7 Å². The summed E-state index contributed by atoms with van der Waals surface area (Å²) in [7, 11) is -3.40. The SMILES string of the molecule is CCS(=O)(=O)c1ccc([C@H](CO)NC(=O)c2ccc(N3CC(c4ccc(C(F)(F)F)cc4)C[C@H]3CCOC(F)F)cc2)cc1. The number of amides is 1. The summed E-state index contributed by atoms with van der Waals surface area (Å²) < 4.78 is 93.0. The van der Waals surface area contributed by atoms with Crippen LogP contribution in [0.4, 0.5) is 27.6 Å². The van der Waals surface area contributed by atoms with Gasteiger partial charge in [0.2, 0.25) is 0 Å². The number of ether oxygens (including phenoxy) is 1. The number of anilines is 1. The second kappa shape index (κ2) is 14.0. The first-order valence-corrected chi connectivity index (χ1v) is 15.7. The second-order valence-corrected chi connectivity index (χ2v) is 12.8. The molecule has 1 fully saturated rings. The van der Waals surface area contributed by atoms with Gasteiger partial charge in [0, 0.05) is 29.8 Å². The monoisotopic (exact) mass is 640 g/mol. The number of hydrogen-bond acceptors (Lipinski definition) is 6. The normalized spacial score (nSPS) is 18.0. The van der Waals surface area contributed by atoms with Gasteiger partial charge in [-0.15, -0.1) is 0 Å². The zero-order valence-corrected chi connectivity index (χ0v) is 24.6. The summed E-state index contributed by atoms with van der Waals surface area (Å²) in [6, 6.07) is 16.4. The van der Waals surface area contributed by atoms with Crippen LogP contribution in [0, 0.1) is 0 Å². The molecule has 0 bridgehead atoms. The van der Waals surface area contributed by atoms with E-state index in [-0.39, 0.29) is 41.2 Å². The van der Waals surface area contributed by atoms with E-state index in [1.54, 1.807) is 24.3 Å². The van der Waals surface area contributed by atoms with Crippen molar-refractivity contribution in [1.82, 2.24) is 5.32 Å². The minimum atomic E-state index is -4.46. The lowest BCUT2D eigenvalue weighted by atomic mass is 9.94. The second-order valence-electron chi connectivity index (χ2n) is 10.5. The molecule has 13 heteroatoms. The van der Waals surface area contributed by atoms with Gasteiger partial charge in [-0.3, -0.25) is 4.79 Å². The minimum absolute atomic E-state index is 0.0557. The molecule has 0 aliphatic carbocycles. The van der Waals surface area contributed by atoms with Crippen molar-refractivity contribution in [3.8, 4) is 0 Å². The standard InChI is InChI=1S/C31H33F5N2O5S/c1-2-44(41,42)27-13-7-21(8-14-27)28(19-39)37-29(40)22-5-11-25(12-6-22)38-18-23(17-26(38)15-16-43-30(32)33)20-3-9-24(10-4-20)31(34,35)36/h3-14,23,26,28,30,39H,2,15-19H2,1H3,(H,37,40)/t23?,26-,28+/m1/s1. The molecule has 1 heterocycles. The summed E-state index contributed by atoms with van der Waals surface area (Å²) in [6.07, 6.45) is -3.68.